The quantitative estimate of drug-likeness (QED) is 0.904. The van der Waals surface area contributed by atoms with Crippen LogP contribution in [0.3, 0.4) is 0 Å². The fourth-order valence-electron chi connectivity index (χ4n) is 2.05. The standard InChI is InChI=1S/C14H17ClN2/c1-9-8-11(4-3-7-16)17-14-10(2)13(15)6-5-12(9)14/h5-6,8H,3-4,7,16H2,1-2H3. The molecule has 1 aromatic heterocycles. The first-order valence-electron chi connectivity index (χ1n) is 5.89. The summed E-state index contributed by atoms with van der Waals surface area (Å²) in [5.41, 5.74) is 9.96. The Kier molecular flexibility index (Phi) is 3.65. The largest absolute Gasteiger partial charge is 0.330 e. The molecule has 0 aliphatic rings. The Morgan fingerprint density at radius 3 is 2.76 bits per heavy atom. The normalized spacial score (nSPS) is 11.1. The van der Waals surface area contributed by atoms with E-state index in [1.807, 2.05) is 19.1 Å². The maximum absolute atomic E-state index is 6.14. The third kappa shape index (κ3) is 2.43. The fourth-order valence-corrected chi connectivity index (χ4v) is 2.21. The van der Waals surface area contributed by atoms with Crippen LogP contribution in [0.5, 0.6) is 0 Å². The third-order valence-electron chi connectivity index (χ3n) is 3.07. The van der Waals surface area contributed by atoms with Crippen molar-refractivity contribution in [3.63, 3.8) is 0 Å². The van der Waals surface area contributed by atoms with Crippen LogP contribution in [0.2, 0.25) is 5.02 Å². The van der Waals surface area contributed by atoms with Crippen LogP contribution in [0.1, 0.15) is 23.2 Å². The number of benzene rings is 1. The highest BCUT2D eigenvalue weighted by Crippen LogP contribution is 2.26. The second kappa shape index (κ2) is 5.03. The van der Waals surface area contributed by atoms with Crippen molar-refractivity contribution in [2.45, 2.75) is 26.7 Å². The van der Waals surface area contributed by atoms with Gasteiger partial charge in [0.05, 0.1) is 5.52 Å². The summed E-state index contributed by atoms with van der Waals surface area (Å²) in [4.78, 5) is 4.69. The SMILES string of the molecule is Cc1cc(CCCN)nc2c(C)c(Cl)ccc12. The number of fused-ring (bicyclic) bond motifs is 1. The van der Waals surface area contributed by atoms with Gasteiger partial charge in [-0.05, 0) is 56.5 Å². The number of nitrogens with two attached hydrogens (primary N) is 1. The van der Waals surface area contributed by atoms with E-state index in [0.717, 1.165) is 34.6 Å². The van der Waals surface area contributed by atoms with Crippen molar-refractivity contribution in [3.05, 3.63) is 40.0 Å². The van der Waals surface area contributed by atoms with Crippen molar-refractivity contribution in [1.29, 1.82) is 0 Å². The van der Waals surface area contributed by atoms with Crippen LogP contribution in [0.4, 0.5) is 0 Å². The van der Waals surface area contributed by atoms with Crippen LogP contribution < -0.4 is 5.73 Å². The number of halogens is 1. The first-order valence-corrected chi connectivity index (χ1v) is 6.26. The number of nitrogens with zero attached hydrogens (tertiary/aromatic N) is 1. The number of hydrogen-bond donors (Lipinski definition) is 1. The molecule has 0 fully saturated rings. The van der Waals surface area contributed by atoms with Crippen LogP contribution in [-0.2, 0) is 6.42 Å². The molecule has 0 unspecified atom stereocenters. The van der Waals surface area contributed by atoms with Crippen molar-refractivity contribution < 1.29 is 0 Å². The molecule has 2 rings (SSSR count). The van der Waals surface area contributed by atoms with E-state index in [1.54, 1.807) is 0 Å². The average Bonchev–Trinajstić information content (AvgIpc) is 2.32. The summed E-state index contributed by atoms with van der Waals surface area (Å²) in [5, 5.41) is 1.96. The molecule has 0 spiro atoms. The summed E-state index contributed by atoms with van der Waals surface area (Å²) in [5.74, 6) is 0. The molecule has 0 aliphatic carbocycles. The molecule has 2 N–H and O–H groups in total. The lowest BCUT2D eigenvalue weighted by Gasteiger charge is -2.09. The molecule has 0 radical (unpaired) electrons. The summed E-state index contributed by atoms with van der Waals surface area (Å²) in [6.07, 6.45) is 1.90. The monoisotopic (exact) mass is 248 g/mol. The molecule has 1 aromatic carbocycles. The molecule has 2 nitrogen and oxygen atoms in total. The predicted molar refractivity (Wildman–Crippen MR) is 73.6 cm³/mol. The molecule has 0 aliphatic heterocycles. The zero-order chi connectivity index (χ0) is 12.4. The predicted octanol–water partition coefficient (Wildman–Crippen LogP) is 3.40. The van der Waals surface area contributed by atoms with Gasteiger partial charge in [-0.1, -0.05) is 17.7 Å². The highest BCUT2D eigenvalue weighted by atomic mass is 35.5. The lowest BCUT2D eigenvalue weighted by Crippen LogP contribution is -2.02. The van der Waals surface area contributed by atoms with Gasteiger partial charge in [-0.3, -0.25) is 4.98 Å². The van der Waals surface area contributed by atoms with E-state index in [2.05, 4.69) is 13.0 Å². The molecule has 0 saturated carbocycles. The van der Waals surface area contributed by atoms with E-state index < -0.39 is 0 Å². The van der Waals surface area contributed by atoms with Gasteiger partial charge in [0.25, 0.3) is 0 Å². The van der Waals surface area contributed by atoms with E-state index in [9.17, 15) is 0 Å². The highest BCUT2D eigenvalue weighted by molar-refractivity contribution is 6.32. The van der Waals surface area contributed by atoms with Gasteiger partial charge in [0, 0.05) is 16.1 Å². The third-order valence-corrected chi connectivity index (χ3v) is 3.47. The Balaban J connectivity index is 2.58. The fraction of sp³-hybridized carbons (Fsp3) is 0.357. The van der Waals surface area contributed by atoms with Crippen molar-refractivity contribution in [2.75, 3.05) is 6.54 Å². The van der Waals surface area contributed by atoms with Crippen LogP contribution in [0, 0.1) is 13.8 Å². The van der Waals surface area contributed by atoms with Gasteiger partial charge < -0.3 is 5.73 Å². The second-order valence-electron chi connectivity index (χ2n) is 4.39. The molecule has 0 bridgehead atoms. The minimum atomic E-state index is 0.702. The summed E-state index contributed by atoms with van der Waals surface area (Å²) < 4.78 is 0. The minimum absolute atomic E-state index is 0.702. The van der Waals surface area contributed by atoms with Gasteiger partial charge in [0.1, 0.15) is 0 Å². The summed E-state index contributed by atoms with van der Waals surface area (Å²) in [6, 6.07) is 6.12. The Morgan fingerprint density at radius 2 is 2.06 bits per heavy atom. The van der Waals surface area contributed by atoms with Crippen LogP contribution in [0.15, 0.2) is 18.2 Å². The van der Waals surface area contributed by atoms with Gasteiger partial charge in [-0.25, -0.2) is 0 Å². The van der Waals surface area contributed by atoms with Crippen molar-refractivity contribution in [3.8, 4) is 0 Å². The Bertz CT molecular complexity index is 549. The molecule has 17 heavy (non-hydrogen) atoms. The maximum Gasteiger partial charge on any atom is 0.0751 e. The van der Waals surface area contributed by atoms with E-state index in [0.29, 0.717) is 6.54 Å². The molecule has 0 saturated heterocycles. The van der Waals surface area contributed by atoms with E-state index >= 15 is 0 Å². The lowest BCUT2D eigenvalue weighted by atomic mass is 10.0. The molecule has 90 valence electrons. The molecular formula is C14H17ClN2. The Labute approximate surface area is 107 Å². The van der Waals surface area contributed by atoms with Gasteiger partial charge in [0.2, 0.25) is 0 Å². The Morgan fingerprint density at radius 1 is 1.29 bits per heavy atom. The first kappa shape index (κ1) is 12.3. The first-order chi connectivity index (χ1) is 8.13. The highest BCUT2D eigenvalue weighted by Gasteiger charge is 2.07. The lowest BCUT2D eigenvalue weighted by molar-refractivity contribution is 0.813. The van der Waals surface area contributed by atoms with Gasteiger partial charge in [-0.2, -0.15) is 0 Å². The van der Waals surface area contributed by atoms with Crippen LogP contribution in [-0.4, -0.2) is 11.5 Å². The van der Waals surface area contributed by atoms with E-state index in [1.165, 1.54) is 10.9 Å². The minimum Gasteiger partial charge on any atom is -0.330 e. The molecule has 0 atom stereocenters. The van der Waals surface area contributed by atoms with Gasteiger partial charge in [0.15, 0.2) is 0 Å². The molecule has 2 aromatic rings. The van der Waals surface area contributed by atoms with E-state index in [-0.39, 0.29) is 0 Å². The summed E-state index contributed by atoms with van der Waals surface area (Å²) >= 11 is 6.14. The average molecular weight is 249 g/mol. The second-order valence-corrected chi connectivity index (χ2v) is 4.80. The van der Waals surface area contributed by atoms with Crippen molar-refractivity contribution in [2.24, 2.45) is 5.73 Å². The number of aromatic nitrogens is 1. The molecular weight excluding hydrogens is 232 g/mol. The topological polar surface area (TPSA) is 38.9 Å². The molecule has 1 heterocycles. The number of rotatable bonds is 3. The number of hydrogen-bond acceptors (Lipinski definition) is 2. The summed E-state index contributed by atoms with van der Waals surface area (Å²) in [7, 11) is 0. The zero-order valence-electron chi connectivity index (χ0n) is 10.3. The molecule has 0 amide bonds. The Hall–Kier alpha value is -1.12. The van der Waals surface area contributed by atoms with Crippen molar-refractivity contribution >= 4 is 22.5 Å². The van der Waals surface area contributed by atoms with Crippen molar-refractivity contribution in [1.82, 2.24) is 4.98 Å². The van der Waals surface area contributed by atoms with E-state index in [4.69, 9.17) is 22.3 Å². The zero-order valence-corrected chi connectivity index (χ0v) is 11.0. The smallest absolute Gasteiger partial charge is 0.0751 e. The van der Waals surface area contributed by atoms with Crippen LogP contribution >= 0.6 is 11.6 Å². The van der Waals surface area contributed by atoms with Gasteiger partial charge in [-0.15, -0.1) is 0 Å². The number of aryl methyl sites for hydroxylation is 3. The summed E-state index contributed by atoms with van der Waals surface area (Å²) in [6.45, 7) is 4.83. The number of pyridine rings is 1. The van der Waals surface area contributed by atoms with Gasteiger partial charge >= 0.3 is 0 Å². The molecule has 3 heteroatoms. The van der Waals surface area contributed by atoms with Crippen LogP contribution in [0.25, 0.3) is 10.9 Å². The maximum atomic E-state index is 6.14.